The predicted molar refractivity (Wildman–Crippen MR) is 87.0 cm³/mol. The van der Waals surface area contributed by atoms with Crippen LogP contribution in [0.2, 0.25) is 0 Å². The first-order valence-electron chi connectivity index (χ1n) is 8.06. The third-order valence-corrected chi connectivity index (χ3v) is 4.93. The standard InChI is InChI=1S/C18H30N2/c1-6-19-18(17-9-7-13(2)8-10-17)15(4)20(5)14(3)16-11-12-16/h7-10,14-16,18-19H,6,11-12H2,1-5H3. The summed E-state index contributed by atoms with van der Waals surface area (Å²) in [6, 6.07) is 10.6. The summed E-state index contributed by atoms with van der Waals surface area (Å²) in [5, 5.41) is 3.67. The molecule has 0 heterocycles. The van der Waals surface area contributed by atoms with Gasteiger partial charge >= 0.3 is 0 Å². The quantitative estimate of drug-likeness (QED) is 0.814. The van der Waals surface area contributed by atoms with Gasteiger partial charge < -0.3 is 5.32 Å². The highest BCUT2D eigenvalue weighted by atomic mass is 15.2. The number of aryl methyl sites for hydroxylation is 1. The van der Waals surface area contributed by atoms with E-state index in [-0.39, 0.29) is 0 Å². The number of hydrogen-bond donors (Lipinski definition) is 1. The van der Waals surface area contributed by atoms with Gasteiger partial charge in [0.25, 0.3) is 0 Å². The van der Waals surface area contributed by atoms with Crippen LogP contribution in [0.4, 0.5) is 0 Å². The Morgan fingerprint density at radius 2 is 1.80 bits per heavy atom. The van der Waals surface area contributed by atoms with Gasteiger partial charge in [-0.2, -0.15) is 0 Å². The molecule has 0 bridgehead atoms. The molecular weight excluding hydrogens is 244 g/mol. The van der Waals surface area contributed by atoms with E-state index in [4.69, 9.17) is 0 Å². The molecule has 2 nitrogen and oxygen atoms in total. The molecule has 112 valence electrons. The average Bonchev–Trinajstić information content (AvgIpc) is 3.28. The van der Waals surface area contributed by atoms with Gasteiger partial charge in [-0.05, 0) is 58.7 Å². The van der Waals surface area contributed by atoms with Crippen LogP contribution in [0.3, 0.4) is 0 Å². The van der Waals surface area contributed by atoms with Gasteiger partial charge in [0, 0.05) is 18.1 Å². The lowest BCUT2D eigenvalue weighted by Gasteiger charge is -2.37. The topological polar surface area (TPSA) is 15.3 Å². The summed E-state index contributed by atoms with van der Waals surface area (Å²) >= 11 is 0. The molecule has 1 saturated carbocycles. The fraction of sp³-hybridized carbons (Fsp3) is 0.667. The lowest BCUT2D eigenvalue weighted by atomic mass is 9.97. The molecule has 0 aromatic heterocycles. The molecule has 1 N–H and O–H groups in total. The first-order valence-corrected chi connectivity index (χ1v) is 8.06. The van der Waals surface area contributed by atoms with Crippen molar-refractivity contribution in [2.75, 3.05) is 13.6 Å². The predicted octanol–water partition coefficient (Wildman–Crippen LogP) is 3.76. The second-order valence-corrected chi connectivity index (χ2v) is 6.43. The number of nitrogens with zero attached hydrogens (tertiary/aromatic N) is 1. The van der Waals surface area contributed by atoms with Crippen molar-refractivity contribution in [1.29, 1.82) is 0 Å². The minimum atomic E-state index is 0.409. The molecule has 0 spiro atoms. The zero-order valence-corrected chi connectivity index (χ0v) is 13.7. The third kappa shape index (κ3) is 3.62. The smallest absolute Gasteiger partial charge is 0.0475 e. The molecule has 0 saturated heterocycles. The zero-order chi connectivity index (χ0) is 14.7. The SMILES string of the molecule is CCNC(c1ccc(C)cc1)C(C)N(C)C(C)C1CC1. The molecule has 1 aromatic rings. The molecule has 2 rings (SSSR count). The van der Waals surface area contributed by atoms with Crippen molar-refractivity contribution in [1.82, 2.24) is 10.2 Å². The van der Waals surface area contributed by atoms with Gasteiger partial charge in [-0.3, -0.25) is 4.90 Å². The number of nitrogens with one attached hydrogen (secondary N) is 1. The Morgan fingerprint density at radius 3 is 2.30 bits per heavy atom. The van der Waals surface area contributed by atoms with Gasteiger partial charge in [-0.25, -0.2) is 0 Å². The van der Waals surface area contributed by atoms with Crippen LogP contribution in [-0.4, -0.2) is 30.6 Å². The van der Waals surface area contributed by atoms with Crippen LogP contribution in [0, 0.1) is 12.8 Å². The minimum Gasteiger partial charge on any atom is -0.309 e. The number of benzene rings is 1. The van der Waals surface area contributed by atoms with E-state index in [1.807, 2.05) is 0 Å². The second-order valence-electron chi connectivity index (χ2n) is 6.43. The molecule has 1 fully saturated rings. The summed E-state index contributed by atoms with van der Waals surface area (Å²) < 4.78 is 0. The molecule has 0 amide bonds. The normalized spacial score (nSPS) is 19.9. The molecular formula is C18H30N2. The number of hydrogen-bond acceptors (Lipinski definition) is 2. The van der Waals surface area contributed by atoms with Crippen molar-refractivity contribution in [3.63, 3.8) is 0 Å². The summed E-state index contributed by atoms with van der Waals surface area (Å²) in [5.74, 6) is 0.919. The molecule has 1 aromatic carbocycles. The first kappa shape index (κ1) is 15.5. The Kier molecular flexibility index (Phi) is 5.22. The highest BCUT2D eigenvalue weighted by Gasteiger charge is 2.34. The van der Waals surface area contributed by atoms with Crippen LogP contribution in [0.15, 0.2) is 24.3 Å². The molecule has 0 radical (unpaired) electrons. The van der Waals surface area contributed by atoms with Crippen molar-refractivity contribution in [2.45, 2.75) is 58.7 Å². The molecule has 0 aliphatic heterocycles. The average molecular weight is 274 g/mol. The molecule has 3 unspecified atom stereocenters. The van der Waals surface area contributed by atoms with Crippen LogP contribution < -0.4 is 5.32 Å². The largest absolute Gasteiger partial charge is 0.309 e. The fourth-order valence-electron chi connectivity index (χ4n) is 3.08. The van der Waals surface area contributed by atoms with Crippen molar-refractivity contribution in [2.24, 2.45) is 5.92 Å². The summed E-state index contributed by atoms with van der Waals surface area (Å²) in [6.07, 6.45) is 2.82. The summed E-state index contributed by atoms with van der Waals surface area (Å²) in [6.45, 7) is 10.1. The van der Waals surface area contributed by atoms with Crippen molar-refractivity contribution >= 4 is 0 Å². The maximum Gasteiger partial charge on any atom is 0.0475 e. The maximum atomic E-state index is 3.67. The van der Waals surface area contributed by atoms with Gasteiger partial charge in [0.2, 0.25) is 0 Å². The first-order chi connectivity index (χ1) is 9.54. The van der Waals surface area contributed by atoms with Crippen molar-refractivity contribution in [3.05, 3.63) is 35.4 Å². The highest BCUT2D eigenvalue weighted by Crippen LogP contribution is 2.36. The van der Waals surface area contributed by atoms with E-state index >= 15 is 0 Å². The Labute approximate surface area is 124 Å². The molecule has 2 heteroatoms. The monoisotopic (exact) mass is 274 g/mol. The van der Waals surface area contributed by atoms with Gasteiger partial charge in [-0.15, -0.1) is 0 Å². The van der Waals surface area contributed by atoms with E-state index < -0.39 is 0 Å². The van der Waals surface area contributed by atoms with E-state index in [1.165, 1.54) is 24.0 Å². The molecule has 3 atom stereocenters. The third-order valence-electron chi connectivity index (χ3n) is 4.93. The van der Waals surface area contributed by atoms with Crippen LogP contribution >= 0.6 is 0 Å². The number of rotatable bonds is 7. The Balaban J connectivity index is 2.11. The van der Waals surface area contributed by atoms with E-state index in [2.05, 4.69) is 69.2 Å². The maximum absolute atomic E-state index is 3.67. The van der Waals surface area contributed by atoms with Crippen LogP contribution in [0.25, 0.3) is 0 Å². The lowest BCUT2D eigenvalue weighted by molar-refractivity contribution is 0.145. The van der Waals surface area contributed by atoms with E-state index in [9.17, 15) is 0 Å². The van der Waals surface area contributed by atoms with E-state index in [0.717, 1.165) is 12.5 Å². The van der Waals surface area contributed by atoms with Crippen molar-refractivity contribution in [3.8, 4) is 0 Å². The van der Waals surface area contributed by atoms with E-state index in [0.29, 0.717) is 18.1 Å². The minimum absolute atomic E-state index is 0.409. The second kappa shape index (κ2) is 6.73. The molecule has 1 aliphatic carbocycles. The Bertz CT molecular complexity index is 408. The fourth-order valence-corrected chi connectivity index (χ4v) is 3.08. The highest BCUT2D eigenvalue weighted by molar-refractivity contribution is 5.25. The molecule has 20 heavy (non-hydrogen) atoms. The summed E-state index contributed by atoms with van der Waals surface area (Å²) in [7, 11) is 2.28. The van der Waals surface area contributed by atoms with Gasteiger partial charge in [0.15, 0.2) is 0 Å². The summed E-state index contributed by atoms with van der Waals surface area (Å²) in [4.78, 5) is 2.56. The van der Waals surface area contributed by atoms with E-state index in [1.54, 1.807) is 0 Å². The van der Waals surface area contributed by atoms with Crippen LogP contribution in [-0.2, 0) is 0 Å². The van der Waals surface area contributed by atoms with Gasteiger partial charge in [0.05, 0.1) is 0 Å². The van der Waals surface area contributed by atoms with Crippen LogP contribution in [0.5, 0.6) is 0 Å². The number of likely N-dealkylation sites (N-methyl/N-ethyl adjacent to an activating group) is 2. The Morgan fingerprint density at radius 1 is 1.20 bits per heavy atom. The van der Waals surface area contributed by atoms with Gasteiger partial charge in [-0.1, -0.05) is 36.8 Å². The summed E-state index contributed by atoms with van der Waals surface area (Å²) in [5.41, 5.74) is 2.73. The Hall–Kier alpha value is -0.860. The van der Waals surface area contributed by atoms with Crippen molar-refractivity contribution < 1.29 is 0 Å². The lowest BCUT2D eigenvalue weighted by Crippen LogP contribution is -2.45. The van der Waals surface area contributed by atoms with Crippen LogP contribution in [0.1, 0.15) is 50.8 Å². The molecule has 1 aliphatic rings. The van der Waals surface area contributed by atoms with Gasteiger partial charge in [0.1, 0.15) is 0 Å². The zero-order valence-electron chi connectivity index (χ0n) is 13.7.